The number of likely N-dealkylation sites (N-methyl/N-ethyl adjacent to an activating group) is 1. The Balaban J connectivity index is 0.00000101. The zero-order valence-electron chi connectivity index (χ0n) is 17.0. The van der Waals surface area contributed by atoms with Crippen molar-refractivity contribution >= 4 is 29.6 Å². The molecule has 0 spiro atoms. The van der Waals surface area contributed by atoms with Crippen LogP contribution in [0.4, 0.5) is 0 Å². The number of nitrogens with zero attached hydrogens (tertiary/aromatic N) is 2. The molecule has 2 amide bonds. The van der Waals surface area contributed by atoms with E-state index in [4.69, 9.17) is 9.90 Å². The fourth-order valence-electron chi connectivity index (χ4n) is 3.42. The number of aromatic nitrogens is 1. The zero-order valence-corrected chi connectivity index (χ0v) is 17.8. The number of amides is 2. The lowest BCUT2D eigenvalue weighted by molar-refractivity contribution is -0.126. The van der Waals surface area contributed by atoms with Crippen LogP contribution in [0.3, 0.4) is 0 Å². The lowest BCUT2D eigenvalue weighted by Gasteiger charge is -2.21. The second-order valence-corrected chi connectivity index (χ2v) is 8.19. The summed E-state index contributed by atoms with van der Waals surface area (Å²) < 4.78 is 0. The lowest BCUT2D eigenvalue weighted by atomic mass is 10.0. The van der Waals surface area contributed by atoms with Crippen molar-refractivity contribution in [1.29, 1.82) is 0 Å². The third-order valence-electron chi connectivity index (χ3n) is 4.75. The molecule has 0 unspecified atom stereocenters. The van der Waals surface area contributed by atoms with Crippen molar-refractivity contribution in [2.24, 2.45) is 5.92 Å². The van der Waals surface area contributed by atoms with Crippen LogP contribution in [0, 0.1) is 5.92 Å². The molecule has 2 atom stereocenters. The maximum Gasteiger partial charge on any atom is 0.290 e. The smallest absolute Gasteiger partial charge is 0.290 e. The fourth-order valence-corrected chi connectivity index (χ4v) is 4.12. The van der Waals surface area contributed by atoms with E-state index in [-0.39, 0.29) is 30.2 Å². The Morgan fingerprint density at radius 2 is 2.07 bits per heavy atom. The van der Waals surface area contributed by atoms with E-state index in [9.17, 15) is 9.59 Å². The van der Waals surface area contributed by atoms with E-state index in [2.05, 4.69) is 20.5 Å². The molecule has 1 saturated heterocycles. The highest BCUT2D eigenvalue weighted by atomic mass is 32.1. The van der Waals surface area contributed by atoms with Gasteiger partial charge in [-0.05, 0) is 43.5 Å². The Labute approximate surface area is 180 Å². The summed E-state index contributed by atoms with van der Waals surface area (Å²) in [4.78, 5) is 40.6. The molecule has 0 aromatic carbocycles. The van der Waals surface area contributed by atoms with Gasteiger partial charge >= 0.3 is 0 Å². The predicted octanol–water partition coefficient (Wildman–Crippen LogP) is 1.53. The normalized spacial score (nSPS) is 19.0. The van der Waals surface area contributed by atoms with Crippen LogP contribution in [0.2, 0.25) is 0 Å². The van der Waals surface area contributed by atoms with Crippen molar-refractivity contribution in [1.82, 2.24) is 20.5 Å². The Kier molecular flexibility index (Phi) is 9.96. The van der Waals surface area contributed by atoms with Crippen molar-refractivity contribution in [2.45, 2.75) is 31.8 Å². The first-order chi connectivity index (χ1) is 14.5. The molecule has 9 heteroatoms. The van der Waals surface area contributed by atoms with Crippen molar-refractivity contribution in [3.8, 4) is 0 Å². The van der Waals surface area contributed by atoms with Crippen molar-refractivity contribution in [2.75, 3.05) is 20.1 Å². The van der Waals surface area contributed by atoms with Crippen LogP contribution in [0.5, 0.6) is 0 Å². The number of carboxylic acid groups (broad SMARTS) is 1. The quantitative estimate of drug-likeness (QED) is 0.597. The van der Waals surface area contributed by atoms with Gasteiger partial charge in [-0.2, -0.15) is 0 Å². The average Bonchev–Trinajstić information content (AvgIpc) is 3.16. The summed E-state index contributed by atoms with van der Waals surface area (Å²) in [5.74, 6) is 0.0323. The van der Waals surface area contributed by atoms with Crippen LogP contribution < -0.4 is 10.6 Å². The average molecular weight is 433 g/mol. The Bertz CT molecular complexity index is 786. The van der Waals surface area contributed by atoms with E-state index in [1.807, 2.05) is 42.8 Å². The highest BCUT2D eigenvalue weighted by Crippen LogP contribution is 2.17. The summed E-state index contributed by atoms with van der Waals surface area (Å²) in [5.41, 5.74) is 0.853. The molecule has 162 valence electrons. The summed E-state index contributed by atoms with van der Waals surface area (Å²) in [5, 5.41) is 15.0. The molecule has 1 fully saturated rings. The fraction of sp³-hybridized carbons (Fsp3) is 0.429. The molecule has 8 nitrogen and oxygen atoms in total. The third-order valence-corrected chi connectivity index (χ3v) is 5.62. The summed E-state index contributed by atoms with van der Waals surface area (Å²) >= 11 is 1.60. The maximum absolute atomic E-state index is 12.6. The molecule has 2 aromatic rings. The summed E-state index contributed by atoms with van der Waals surface area (Å²) in [6, 6.07) is 9.69. The number of thiophene rings is 1. The number of hydrogen-bond acceptors (Lipinski definition) is 6. The minimum absolute atomic E-state index is 0.0499. The molecule has 3 heterocycles. The van der Waals surface area contributed by atoms with Gasteiger partial charge in [0.15, 0.2) is 0 Å². The first-order valence-corrected chi connectivity index (χ1v) is 10.7. The van der Waals surface area contributed by atoms with E-state index in [0.717, 1.165) is 30.0 Å². The maximum atomic E-state index is 12.6. The minimum atomic E-state index is -0.250. The standard InChI is InChI=1S/C20H26N4O2S.CH2O2/c1-24-13-15(20(26)22-12-16-5-2-3-9-21-16)7-8-17(14-24)23-19(25)11-18-6-4-10-27-18;2-1-3/h2-6,9-10,15,17H,7-8,11-14H2,1H3,(H,22,26)(H,23,25);1H,(H,2,3)/t15-,17+;/m1./s1. The van der Waals surface area contributed by atoms with Crippen LogP contribution in [0.1, 0.15) is 23.4 Å². The number of nitrogens with one attached hydrogen (secondary N) is 2. The summed E-state index contributed by atoms with van der Waals surface area (Å²) in [7, 11) is 2.00. The number of rotatable bonds is 6. The molecular formula is C21H28N4O4S. The minimum Gasteiger partial charge on any atom is -0.483 e. The van der Waals surface area contributed by atoms with Crippen LogP contribution >= 0.6 is 11.3 Å². The number of carbonyl (C=O) groups is 3. The Hall–Kier alpha value is -2.78. The van der Waals surface area contributed by atoms with Crippen molar-refractivity contribution in [3.05, 3.63) is 52.5 Å². The highest BCUT2D eigenvalue weighted by Gasteiger charge is 2.27. The first kappa shape index (κ1) is 23.5. The molecule has 3 N–H and O–H groups in total. The monoisotopic (exact) mass is 432 g/mol. The molecule has 0 saturated carbocycles. The van der Waals surface area contributed by atoms with Crippen molar-refractivity contribution < 1.29 is 19.5 Å². The van der Waals surface area contributed by atoms with Gasteiger partial charge in [0.2, 0.25) is 11.8 Å². The number of hydrogen-bond donors (Lipinski definition) is 3. The van der Waals surface area contributed by atoms with Gasteiger partial charge in [-0.1, -0.05) is 12.1 Å². The van der Waals surface area contributed by atoms with E-state index in [1.165, 1.54) is 0 Å². The van der Waals surface area contributed by atoms with E-state index in [1.54, 1.807) is 17.5 Å². The van der Waals surface area contributed by atoms with E-state index < -0.39 is 0 Å². The van der Waals surface area contributed by atoms with Gasteiger partial charge in [0.1, 0.15) is 0 Å². The molecule has 1 aliphatic heterocycles. The van der Waals surface area contributed by atoms with E-state index >= 15 is 0 Å². The largest absolute Gasteiger partial charge is 0.483 e. The highest BCUT2D eigenvalue weighted by molar-refractivity contribution is 7.10. The van der Waals surface area contributed by atoms with E-state index in [0.29, 0.717) is 19.5 Å². The molecule has 1 aliphatic rings. The van der Waals surface area contributed by atoms with Gasteiger partial charge in [0.05, 0.1) is 24.6 Å². The van der Waals surface area contributed by atoms with Gasteiger partial charge < -0.3 is 20.6 Å². The van der Waals surface area contributed by atoms with Crippen LogP contribution in [0.15, 0.2) is 41.9 Å². The van der Waals surface area contributed by atoms with Gasteiger partial charge in [0.25, 0.3) is 6.47 Å². The Morgan fingerprint density at radius 1 is 1.27 bits per heavy atom. The predicted molar refractivity (Wildman–Crippen MR) is 115 cm³/mol. The molecule has 3 rings (SSSR count). The third kappa shape index (κ3) is 8.30. The summed E-state index contributed by atoms with van der Waals surface area (Å²) in [6.07, 6.45) is 3.72. The molecule has 30 heavy (non-hydrogen) atoms. The van der Waals surface area contributed by atoms with Crippen LogP contribution in [0.25, 0.3) is 0 Å². The summed E-state index contributed by atoms with van der Waals surface area (Å²) in [6.45, 7) is 1.66. The van der Waals surface area contributed by atoms with Crippen LogP contribution in [-0.4, -0.2) is 59.5 Å². The zero-order chi connectivity index (χ0) is 21.8. The molecule has 0 radical (unpaired) electrons. The first-order valence-electron chi connectivity index (χ1n) is 9.77. The SMILES string of the molecule is CN1C[C@@H](NC(=O)Cc2cccs2)CC[C@@H](C(=O)NCc2ccccn2)C1.O=CO. The molecule has 0 aliphatic carbocycles. The van der Waals surface area contributed by atoms with Gasteiger partial charge in [0, 0.05) is 30.2 Å². The number of pyridine rings is 1. The number of carbonyl (C=O) groups excluding carboxylic acids is 2. The van der Waals surface area contributed by atoms with Gasteiger partial charge in [-0.3, -0.25) is 19.4 Å². The lowest BCUT2D eigenvalue weighted by Crippen LogP contribution is -2.42. The van der Waals surface area contributed by atoms with Crippen molar-refractivity contribution in [3.63, 3.8) is 0 Å². The number of likely N-dealkylation sites (tertiary alicyclic amines) is 1. The second kappa shape index (κ2) is 12.7. The Morgan fingerprint density at radius 3 is 2.73 bits per heavy atom. The molecule has 0 bridgehead atoms. The van der Waals surface area contributed by atoms with Gasteiger partial charge in [-0.15, -0.1) is 11.3 Å². The second-order valence-electron chi connectivity index (χ2n) is 7.16. The molecular weight excluding hydrogens is 404 g/mol. The molecule has 2 aromatic heterocycles. The topological polar surface area (TPSA) is 112 Å². The van der Waals surface area contributed by atoms with Gasteiger partial charge in [-0.25, -0.2) is 0 Å². The van der Waals surface area contributed by atoms with Crippen LogP contribution in [-0.2, 0) is 27.3 Å².